The smallest absolute Gasteiger partial charge is 0.356 e. The lowest BCUT2D eigenvalue weighted by atomic mass is 9.97. The molecule has 0 aromatic carbocycles. The lowest BCUT2D eigenvalue weighted by molar-refractivity contribution is -0.0702. The quantitative estimate of drug-likeness (QED) is 0.853. The summed E-state index contributed by atoms with van der Waals surface area (Å²) in [5.41, 5.74) is -0.709. The van der Waals surface area contributed by atoms with Gasteiger partial charge in [0.1, 0.15) is 15.5 Å². The molecular weight excluding hydrogens is 254 g/mol. The van der Waals surface area contributed by atoms with Gasteiger partial charge in [-0.1, -0.05) is 0 Å². The van der Waals surface area contributed by atoms with E-state index in [9.17, 15) is 9.59 Å². The number of carbonyl (C=O) groups excluding carboxylic acids is 1. The molecule has 6 heteroatoms. The Morgan fingerprint density at radius 3 is 2.61 bits per heavy atom. The van der Waals surface area contributed by atoms with Crippen LogP contribution in [0, 0.1) is 0 Å². The maximum Gasteiger partial charge on any atom is 0.356 e. The van der Waals surface area contributed by atoms with E-state index in [1.807, 2.05) is 6.92 Å². The second kappa shape index (κ2) is 4.78. The molecule has 1 N–H and O–H groups in total. The molecule has 0 amide bonds. The fourth-order valence-corrected chi connectivity index (χ4v) is 3.11. The fourth-order valence-electron chi connectivity index (χ4n) is 2.03. The third-order valence-corrected chi connectivity index (χ3v) is 4.47. The van der Waals surface area contributed by atoms with Crippen molar-refractivity contribution in [3.8, 4) is 0 Å². The van der Waals surface area contributed by atoms with Crippen LogP contribution in [0.15, 0.2) is 0 Å². The monoisotopic (exact) mass is 269 g/mol. The Morgan fingerprint density at radius 1 is 1.44 bits per heavy atom. The Balaban J connectivity index is 2.43. The van der Waals surface area contributed by atoms with E-state index in [2.05, 4.69) is 4.98 Å². The second-order valence-corrected chi connectivity index (χ2v) is 5.59. The van der Waals surface area contributed by atoms with Crippen LogP contribution in [0.5, 0.6) is 0 Å². The number of nitrogens with zero attached hydrogens (tertiary/aromatic N) is 1. The Hall–Kier alpha value is -1.27. The van der Waals surface area contributed by atoms with Crippen LogP contribution < -0.4 is 0 Å². The summed E-state index contributed by atoms with van der Waals surface area (Å²) in [6.45, 7) is 3.90. The van der Waals surface area contributed by atoms with Gasteiger partial charge in [-0.3, -0.25) is 4.79 Å². The number of ketones is 1. The van der Waals surface area contributed by atoms with Gasteiger partial charge in [0, 0.05) is 13.5 Å². The van der Waals surface area contributed by atoms with Gasteiger partial charge >= 0.3 is 5.97 Å². The molecule has 1 saturated heterocycles. The minimum absolute atomic E-state index is 0.155. The molecule has 2 heterocycles. The molecule has 0 spiro atoms. The first-order valence-electron chi connectivity index (χ1n) is 5.83. The van der Waals surface area contributed by atoms with Crippen molar-refractivity contribution in [2.75, 3.05) is 6.61 Å². The summed E-state index contributed by atoms with van der Waals surface area (Å²) in [7, 11) is 0. The SMILES string of the molecule is CC(=O)c1sc(C2(C)CCCCO2)nc1C(=O)O. The van der Waals surface area contributed by atoms with Crippen LogP contribution in [-0.2, 0) is 10.3 Å². The molecule has 0 aliphatic carbocycles. The normalized spacial score (nSPS) is 23.9. The molecule has 1 unspecified atom stereocenters. The maximum absolute atomic E-state index is 11.4. The van der Waals surface area contributed by atoms with Crippen molar-refractivity contribution in [1.29, 1.82) is 0 Å². The molecule has 1 aromatic rings. The summed E-state index contributed by atoms with van der Waals surface area (Å²) < 4.78 is 5.72. The number of carboxylic acid groups (broad SMARTS) is 1. The lowest BCUT2D eigenvalue weighted by Crippen LogP contribution is -2.30. The Labute approximate surface area is 109 Å². The van der Waals surface area contributed by atoms with Crippen LogP contribution in [0.4, 0.5) is 0 Å². The van der Waals surface area contributed by atoms with Gasteiger partial charge in [-0.15, -0.1) is 11.3 Å². The number of aromatic carboxylic acids is 1. The minimum Gasteiger partial charge on any atom is -0.476 e. The van der Waals surface area contributed by atoms with Crippen LogP contribution >= 0.6 is 11.3 Å². The Morgan fingerprint density at radius 2 is 2.17 bits per heavy atom. The number of ether oxygens (including phenoxy) is 1. The summed E-state index contributed by atoms with van der Waals surface area (Å²) in [4.78, 5) is 26.8. The zero-order chi connectivity index (χ0) is 13.3. The van der Waals surface area contributed by atoms with Crippen molar-refractivity contribution in [2.45, 2.75) is 38.7 Å². The third kappa shape index (κ3) is 2.30. The van der Waals surface area contributed by atoms with Gasteiger partial charge in [-0.25, -0.2) is 9.78 Å². The van der Waals surface area contributed by atoms with E-state index in [1.54, 1.807) is 0 Å². The lowest BCUT2D eigenvalue weighted by Gasteiger charge is -2.31. The molecule has 1 atom stereocenters. The van der Waals surface area contributed by atoms with E-state index in [0.717, 1.165) is 30.6 Å². The van der Waals surface area contributed by atoms with Crippen LogP contribution in [0.2, 0.25) is 0 Å². The van der Waals surface area contributed by atoms with E-state index in [-0.39, 0.29) is 16.4 Å². The first kappa shape index (κ1) is 13.2. The molecule has 1 aliphatic heterocycles. The molecule has 0 bridgehead atoms. The molecule has 0 radical (unpaired) electrons. The van der Waals surface area contributed by atoms with E-state index in [1.165, 1.54) is 6.92 Å². The van der Waals surface area contributed by atoms with Crippen molar-refractivity contribution in [2.24, 2.45) is 0 Å². The Bertz CT molecular complexity index is 457. The number of carbonyl (C=O) groups is 2. The summed E-state index contributed by atoms with van der Waals surface area (Å²) in [6, 6.07) is 0. The van der Waals surface area contributed by atoms with Crippen LogP contribution in [-0.4, -0.2) is 28.4 Å². The molecule has 98 valence electrons. The van der Waals surface area contributed by atoms with E-state index >= 15 is 0 Å². The summed E-state index contributed by atoms with van der Waals surface area (Å²) in [5, 5.41) is 9.65. The summed E-state index contributed by atoms with van der Waals surface area (Å²) >= 11 is 1.13. The predicted molar refractivity (Wildman–Crippen MR) is 66.2 cm³/mol. The number of thiazole rings is 1. The van der Waals surface area contributed by atoms with E-state index in [4.69, 9.17) is 9.84 Å². The van der Waals surface area contributed by atoms with Gasteiger partial charge in [-0.2, -0.15) is 0 Å². The van der Waals surface area contributed by atoms with Gasteiger partial charge in [0.15, 0.2) is 11.5 Å². The number of hydrogen-bond donors (Lipinski definition) is 1. The van der Waals surface area contributed by atoms with Crippen molar-refractivity contribution in [3.63, 3.8) is 0 Å². The molecule has 1 fully saturated rings. The van der Waals surface area contributed by atoms with E-state index in [0.29, 0.717) is 11.6 Å². The van der Waals surface area contributed by atoms with Crippen LogP contribution in [0.1, 0.15) is 58.3 Å². The zero-order valence-electron chi connectivity index (χ0n) is 10.4. The fraction of sp³-hybridized carbons (Fsp3) is 0.583. The van der Waals surface area contributed by atoms with E-state index < -0.39 is 11.6 Å². The highest BCUT2D eigenvalue weighted by Gasteiger charge is 2.35. The number of hydrogen-bond acceptors (Lipinski definition) is 5. The number of carboxylic acids is 1. The number of aromatic nitrogens is 1. The second-order valence-electron chi connectivity index (χ2n) is 4.59. The number of Topliss-reactive ketones (excluding diaryl/α,β-unsaturated/α-hetero) is 1. The van der Waals surface area contributed by atoms with Gasteiger partial charge < -0.3 is 9.84 Å². The van der Waals surface area contributed by atoms with Crippen LogP contribution in [0.25, 0.3) is 0 Å². The van der Waals surface area contributed by atoms with Crippen LogP contribution in [0.3, 0.4) is 0 Å². The number of rotatable bonds is 3. The molecular formula is C12H15NO4S. The highest BCUT2D eigenvalue weighted by atomic mass is 32.1. The molecule has 18 heavy (non-hydrogen) atoms. The molecule has 2 rings (SSSR count). The van der Waals surface area contributed by atoms with Gasteiger partial charge in [0.05, 0.1) is 0 Å². The molecule has 5 nitrogen and oxygen atoms in total. The largest absolute Gasteiger partial charge is 0.476 e. The minimum atomic E-state index is -1.16. The first-order chi connectivity index (χ1) is 8.44. The molecule has 0 saturated carbocycles. The summed E-state index contributed by atoms with van der Waals surface area (Å²) in [5.74, 6) is -1.43. The van der Waals surface area contributed by atoms with Crippen molar-refractivity contribution < 1.29 is 19.4 Å². The molecule has 1 aromatic heterocycles. The summed E-state index contributed by atoms with van der Waals surface area (Å²) in [6.07, 6.45) is 2.83. The standard InChI is InChI=1S/C12H15NO4S/c1-7(14)9-8(10(15)16)13-11(18-9)12(2)5-3-4-6-17-12/h3-6H2,1-2H3,(H,15,16). The molecule has 1 aliphatic rings. The predicted octanol–water partition coefficient (Wildman–Crippen LogP) is 2.46. The van der Waals surface area contributed by atoms with Crippen molar-refractivity contribution in [1.82, 2.24) is 4.98 Å². The first-order valence-corrected chi connectivity index (χ1v) is 6.65. The van der Waals surface area contributed by atoms with Crippen molar-refractivity contribution >= 4 is 23.1 Å². The average Bonchev–Trinajstić information content (AvgIpc) is 2.75. The Kier molecular flexibility index (Phi) is 3.49. The van der Waals surface area contributed by atoms with Gasteiger partial charge in [0.2, 0.25) is 0 Å². The van der Waals surface area contributed by atoms with Gasteiger partial charge in [-0.05, 0) is 26.2 Å². The highest BCUT2D eigenvalue weighted by molar-refractivity contribution is 7.14. The zero-order valence-corrected chi connectivity index (χ0v) is 11.2. The third-order valence-electron chi connectivity index (χ3n) is 3.07. The highest BCUT2D eigenvalue weighted by Crippen LogP contribution is 2.38. The topological polar surface area (TPSA) is 76.5 Å². The average molecular weight is 269 g/mol. The van der Waals surface area contributed by atoms with Gasteiger partial charge in [0.25, 0.3) is 0 Å². The maximum atomic E-state index is 11.4. The van der Waals surface area contributed by atoms with Crippen molar-refractivity contribution in [3.05, 3.63) is 15.6 Å².